The average Bonchev–Trinajstić information content (AvgIpc) is 2.29. The monoisotopic (exact) mass is 218 g/mol. The fourth-order valence-corrected chi connectivity index (χ4v) is 2.23. The van der Waals surface area contributed by atoms with Crippen LogP contribution in [0.3, 0.4) is 0 Å². The van der Waals surface area contributed by atoms with Crippen LogP contribution in [-0.4, -0.2) is 18.1 Å². The normalized spacial score (nSPS) is 22.1. The molecule has 1 saturated heterocycles. The van der Waals surface area contributed by atoms with Gasteiger partial charge in [0, 0.05) is 23.9 Å². The van der Waals surface area contributed by atoms with Gasteiger partial charge in [0.15, 0.2) is 0 Å². The minimum atomic E-state index is 0.156. The lowest BCUT2D eigenvalue weighted by Crippen LogP contribution is -2.28. The van der Waals surface area contributed by atoms with E-state index in [4.69, 9.17) is 0 Å². The number of hydrogen-bond acceptors (Lipinski definition) is 2. The summed E-state index contributed by atoms with van der Waals surface area (Å²) in [5, 5.41) is 3.45. The molecule has 0 bridgehead atoms. The summed E-state index contributed by atoms with van der Waals surface area (Å²) < 4.78 is 0. The van der Waals surface area contributed by atoms with Gasteiger partial charge in [0.25, 0.3) is 0 Å². The number of nitrogens with zero attached hydrogens (tertiary/aromatic N) is 1. The van der Waals surface area contributed by atoms with Gasteiger partial charge in [-0.15, -0.1) is 0 Å². The smallest absolute Gasteiger partial charge is 0.0457 e. The second-order valence-corrected chi connectivity index (χ2v) is 5.77. The fourth-order valence-electron chi connectivity index (χ4n) is 2.23. The summed E-state index contributed by atoms with van der Waals surface area (Å²) in [6, 6.07) is 4.44. The lowest BCUT2D eigenvalue weighted by atomic mass is 9.89. The summed E-state index contributed by atoms with van der Waals surface area (Å²) >= 11 is 0. The summed E-state index contributed by atoms with van der Waals surface area (Å²) in [6.45, 7) is 8.89. The van der Waals surface area contributed by atoms with Crippen molar-refractivity contribution in [3.05, 3.63) is 29.6 Å². The minimum absolute atomic E-state index is 0.156. The molecule has 0 spiro atoms. The van der Waals surface area contributed by atoms with Crippen LogP contribution in [0, 0.1) is 0 Å². The molecule has 0 aromatic carbocycles. The predicted molar refractivity (Wildman–Crippen MR) is 67.8 cm³/mol. The highest BCUT2D eigenvalue weighted by Gasteiger charge is 2.18. The Bertz CT molecular complexity index is 329. The van der Waals surface area contributed by atoms with E-state index in [0.717, 1.165) is 6.54 Å². The Labute approximate surface area is 98.5 Å². The van der Waals surface area contributed by atoms with Crippen molar-refractivity contribution in [2.45, 2.75) is 44.9 Å². The lowest BCUT2D eigenvalue weighted by Gasteiger charge is -2.24. The number of hydrogen-bond donors (Lipinski definition) is 1. The molecule has 0 aliphatic carbocycles. The van der Waals surface area contributed by atoms with E-state index in [1.165, 1.54) is 30.6 Å². The van der Waals surface area contributed by atoms with Crippen molar-refractivity contribution < 1.29 is 0 Å². The van der Waals surface area contributed by atoms with Gasteiger partial charge in [0.05, 0.1) is 0 Å². The zero-order chi connectivity index (χ0) is 11.6. The number of rotatable bonds is 1. The third-order valence-corrected chi connectivity index (χ3v) is 3.32. The fraction of sp³-hybridized carbons (Fsp3) is 0.643. The van der Waals surface area contributed by atoms with E-state index >= 15 is 0 Å². The maximum atomic E-state index is 4.60. The molecule has 2 heterocycles. The summed E-state index contributed by atoms with van der Waals surface area (Å²) in [5.41, 5.74) is 2.73. The Morgan fingerprint density at radius 1 is 1.31 bits per heavy atom. The number of nitrogens with one attached hydrogen (secondary N) is 1. The van der Waals surface area contributed by atoms with Crippen molar-refractivity contribution in [1.82, 2.24) is 10.3 Å². The van der Waals surface area contributed by atoms with Gasteiger partial charge in [-0.2, -0.15) is 0 Å². The van der Waals surface area contributed by atoms with Gasteiger partial charge in [-0.3, -0.25) is 4.98 Å². The quantitative estimate of drug-likeness (QED) is 0.784. The molecule has 0 amide bonds. The third kappa shape index (κ3) is 2.62. The van der Waals surface area contributed by atoms with Gasteiger partial charge in [0.2, 0.25) is 0 Å². The van der Waals surface area contributed by atoms with Crippen LogP contribution >= 0.6 is 0 Å². The minimum Gasteiger partial charge on any atom is -0.316 e. The van der Waals surface area contributed by atoms with Gasteiger partial charge >= 0.3 is 0 Å². The van der Waals surface area contributed by atoms with Gasteiger partial charge in [0.1, 0.15) is 0 Å². The number of aromatic nitrogens is 1. The molecule has 0 radical (unpaired) electrons. The second kappa shape index (κ2) is 4.54. The molecule has 16 heavy (non-hydrogen) atoms. The van der Waals surface area contributed by atoms with E-state index in [2.05, 4.69) is 49.4 Å². The molecular weight excluding hydrogens is 196 g/mol. The molecule has 2 nitrogen and oxygen atoms in total. The van der Waals surface area contributed by atoms with Crippen molar-refractivity contribution in [3.63, 3.8) is 0 Å². The van der Waals surface area contributed by atoms with E-state index in [1.54, 1.807) is 0 Å². The van der Waals surface area contributed by atoms with Gasteiger partial charge in [-0.05, 0) is 36.9 Å². The maximum absolute atomic E-state index is 4.60. The molecule has 1 atom stereocenters. The van der Waals surface area contributed by atoms with Crippen molar-refractivity contribution in [1.29, 1.82) is 0 Å². The van der Waals surface area contributed by atoms with Crippen molar-refractivity contribution in [2.24, 2.45) is 0 Å². The van der Waals surface area contributed by atoms with Gasteiger partial charge in [-0.25, -0.2) is 0 Å². The molecule has 88 valence electrons. The van der Waals surface area contributed by atoms with Crippen LogP contribution in [0.1, 0.15) is 50.8 Å². The topological polar surface area (TPSA) is 24.9 Å². The summed E-state index contributed by atoms with van der Waals surface area (Å²) in [6.07, 6.45) is 4.65. The standard InChI is InChI=1S/C14H22N2/c1-14(2,3)13-7-6-12(10-16-13)11-5-4-8-15-9-11/h6-7,10-11,15H,4-5,8-9H2,1-3H3. The Morgan fingerprint density at radius 2 is 2.12 bits per heavy atom. The molecular formula is C14H22N2. The van der Waals surface area contributed by atoms with Crippen molar-refractivity contribution >= 4 is 0 Å². The maximum Gasteiger partial charge on any atom is 0.0457 e. The molecule has 1 N–H and O–H groups in total. The number of pyridine rings is 1. The highest BCUT2D eigenvalue weighted by molar-refractivity contribution is 5.22. The van der Waals surface area contributed by atoms with Gasteiger partial charge < -0.3 is 5.32 Å². The largest absolute Gasteiger partial charge is 0.316 e. The van der Waals surface area contributed by atoms with Crippen LogP contribution in [0.2, 0.25) is 0 Å². The average molecular weight is 218 g/mol. The first-order valence-corrected chi connectivity index (χ1v) is 6.24. The molecule has 2 rings (SSSR count). The highest BCUT2D eigenvalue weighted by atomic mass is 14.9. The zero-order valence-corrected chi connectivity index (χ0v) is 10.6. The molecule has 1 fully saturated rings. The molecule has 2 heteroatoms. The van der Waals surface area contributed by atoms with Crippen molar-refractivity contribution in [2.75, 3.05) is 13.1 Å². The molecule has 1 aliphatic rings. The first-order chi connectivity index (χ1) is 7.57. The van der Waals surface area contributed by atoms with E-state index in [1.807, 2.05) is 0 Å². The van der Waals surface area contributed by atoms with E-state index < -0.39 is 0 Å². The molecule has 1 aromatic heterocycles. The van der Waals surface area contributed by atoms with Gasteiger partial charge in [-0.1, -0.05) is 26.8 Å². The Morgan fingerprint density at radius 3 is 2.62 bits per heavy atom. The van der Waals surface area contributed by atoms with Crippen LogP contribution in [0.4, 0.5) is 0 Å². The molecule has 1 aliphatic heterocycles. The molecule has 1 unspecified atom stereocenters. The van der Waals surface area contributed by atoms with Crippen molar-refractivity contribution in [3.8, 4) is 0 Å². The Balaban J connectivity index is 2.12. The van der Waals surface area contributed by atoms with E-state index in [9.17, 15) is 0 Å². The van der Waals surface area contributed by atoms with Crippen LogP contribution in [0.5, 0.6) is 0 Å². The molecule has 0 saturated carbocycles. The zero-order valence-electron chi connectivity index (χ0n) is 10.6. The van der Waals surface area contributed by atoms with Crippen LogP contribution in [0.25, 0.3) is 0 Å². The number of piperidine rings is 1. The van der Waals surface area contributed by atoms with Crippen LogP contribution < -0.4 is 5.32 Å². The first-order valence-electron chi connectivity index (χ1n) is 6.24. The SMILES string of the molecule is CC(C)(C)c1ccc(C2CCCNC2)cn1. The van der Waals surface area contributed by atoms with Crippen LogP contribution in [0.15, 0.2) is 18.3 Å². The van der Waals surface area contributed by atoms with E-state index in [-0.39, 0.29) is 5.41 Å². The summed E-state index contributed by atoms with van der Waals surface area (Å²) in [5.74, 6) is 0.662. The van der Waals surface area contributed by atoms with Crippen LogP contribution in [-0.2, 0) is 5.41 Å². The lowest BCUT2D eigenvalue weighted by molar-refractivity contribution is 0.460. The first kappa shape index (κ1) is 11.6. The Kier molecular flexibility index (Phi) is 3.29. The second-order valence-electron chi connectivity index (χ2n) is 5.77. The Hall–Kier alpha value is -0.890. The molecule has 1 aromatic rings. The summed E-state index contributed by atoms with van der Waals surface area (Å²) in [7, 11) is 0. The third-order valence-electron chi connectivity index (χ3n) is 3.32. The van der Waals surface area contributed by atoms with E-state index in [0.29, 0.717) is 5.92 Å². The highest BCUT2D eigenvalue weighted by Crippen LogP contribution is 2.25. The summed E-state index contributed by atoms with van der Waals surface area (Å²) in [4.78, 5) is 4.60. The predicted octanol–water partition coefficient (Wildman–Crippen LogP) is 2.85.